The molecule has 0 bridgehead atoms. The molecule has 0 aromatic carbocycles. The highest BCUT2D eigenvalue weighted by Crippen LogP contribution is 2.13. The van der Waals surface area contributed by atoms with Crippen LogP contribution in [-0.2, 0) is 11.3 Å². The summed E-state index contributed by atoms with van der Waals surface area (Å²) in [5, 5.41) is 6.84. The molecule has 106 valence electrons. The first-order chi connectivity index (χ1) is 9.21. The second kappa shape index (κ2) is 10.1. The topological polar surface area (TPSA) is 60.2 Å². The molecule has 0 unspecified atom stereocenters. The Morgan fingerprint density at radius 1 is 1.42 bits per heavy atom. The molecule has 1 heterocycles. The van der Waals surface area contributed by atoms with Gasteiger partial charge in [-0.25, -0.2) is 0 Å². The number of aromatic nitrogens is 2. The van der Waals surface area contributed by atoms with Gasteiger partial charge in [0.25, 0.3) is 0 Å². The number of ether oxygens (including phenoxy) is 1. The fourth-order valence-corrected chi connectivity index (χ4v) is 1.15. The van der Waals surface area contributed by atoms with Crippen LogP contribution in [0.1, 0.15) is 32.5 Å². The quantitative estimate of drug-likeness (QED) is 0.633. The zero-order chi connectivity index (χ0) is 14.7. The summed E-state index contributed by atoms with van der Waals surface area (Å²) in [6, 6.07) is 0. The van der Waals surface area contributed by atoms with Crippen LogP contribution in [0.2, 0.25) is 0 Å². The molecule has 1 N–H and O–H groups in total. The maximum Gasteiger partial charge on any atom is 0.240 e. The van der Waals surface area contributed by atoms with E-state index >= 15 is 0 Å². The molecule has 1 aromatic heterocycles. The van der Waals surface area contributed by atoms with Crippen molar-refractivity contribution in [1.29, 1.82) is 0 Å². The molecule has 0 fully saturated rings. The van der Waals surface area contributed by atoms with Crippen molar-refractivity contribution in [2.75, 3.05) is 14.2 Å². The summed E-state index contributed by atoms with van der Waals surface area (Å²) in [7, 11) is 3.39. The smallest absolute Gasteiger partial charge is 0.240 e. The van der Waals surface area contributed by atoms with Crippen molar-refractivity contribution < 1.29 is 9.26 Å². The lowest BCUT2D eigenvalue weighted by Gasteiger charge is -1.96. The Labute approximate surface area is 115 Å². The first kappa shape index (κ1) is 17.1. The molecule has 0 saturated heterocycles. The van der Waals surface area contributed by atoms with Gasteiger partial charge in [-0.05, 0) is 26.1 Å². The molecule has 0 saturated carbocycles. The van der Waals surface area contributed by atoms with E-state index in [1.165, 1.54) is 0 Å². The number of allylic oxidation sites excluding steroid dienone is 4. The number of methoxy groups -OCH3 is 1. The predicted octanol–water partition coefficient (Wildman–Crippen LogP) is 2.93. The van der Waals surface area contributed by atoms with Gasteiger partial charge in [-0.3, -0.25) is 0 Å². The third kappa shape index (κ3) is 6.01. The number of hydrogen-bond donors (Lipinski definition) is 1. The lowest BCUT2D eigenvalue weighted by atomic mass is 10.2. The van der Waals surface area contributed by atoms with Gasteiger partial charge < -0.3 is 14.6 Å². The van der Waals surface area contributed by atoms with Crippen LogP contribution in [0.3, 0.4) is 0 Å². The van der Waals surface area contributed by atoms with E-state index < -0.39 is 0 Å². The second-order valence-corrected chi connectivity index (χ2v) is 3.29. The van der Waals surface area contributed by atoms with E-state index in [4.69, 9.17) is 9.26 Å². The number of hydrogen-bond acceptors (Lipinski definition) is 5. The minimum atomic E-state index is 0.554. The van der Waals surface area contributed by atoms with Crippen LogP contribution < -0.4 is 5.32 Å². The van der Waals surface area contributed by atoms with Crippen molar-refractivity contribution in [3.63, 3.8) is 0 Å². The largest absolute Gasteiger partial charge is 0.497 e. The summed E-state index contributed by atoms with van der Waals surface area (Å²) in [4.78, 5) is 4.24. The molecule has 19 heavy (non-hydrogen) atoms. The average molecular weight is 265 g/mol. The van der Waals surface area contributed by atoms with Crippen LogP contribution in [0.5, 0.6) is 0 Å². The molecule has 0 atom stereocenters. The maximum absolute atomic E-state index is 5.07. The molecular formula is C14H23N3O2. The Bertz CT molecular complexity index is 434. The monoisotopic (exact) mass is 265 g/mol. The Morgan fingerprint density at radius 2 is 2.11 bits per heavy atom. The molecule has 5 nitrogen and oxygen atoms in total. The van der Waals surface area contributed by atoms with E-state index in [9.17, 15) is 0 Å². The van der Waals surface area contributed by atoms with E-state index in [2.05, 4.69) is 22.0 Å². The number of nitrogens with zero attached hydrogens (tertiary/aromatic N) is 2. The van der Waals surface area contributed by atoms with Gasteiger partial charge in [0, 0.05) is 5.57 Å². The molecule has 0 spiro atoms. The Balaban J connectivity index is 0.00000154. The van der Waals surface area contributed by atoms with Crippen molar-refractivity contribution in [3.05, 3.63) is 42.3 Å². The van der Waals surface area contributed by atoms with Gasteiger partial charge in [0.2, 0.25) is 11.7 Å². The molecule has 0 aliphatic heterocycles. The van der Waals surface area contributed by atoms with Crippen LogP contribution in [0.25, 0.3) is 5.57 Å². The van der Waals surface area contributed by atoms with Gasteiger partial charge in [-0.2, -0.15) is 4.98 Å². The highest BCUT2D eigenvalue weighted by atomic mass is 16.5. The van der Waals surface area contributed by atoms with Gasteiger partial charge in [0.15, 0.2) is 0 Å². The third-order valence-electron chi connectivity index (χ3n) is 2.08. The van der Waals surface area contributed by atoms with Gasteiger partial charge in [-0.15, -0.1) is 0 Å². The molecule has 1 aromatic rings. The summed E-state index contributed by atoms with van der Waals surface area (Å²) in [5.41, 5.74) is 0.856. The summed E-state index contributed by atoms with van der Waals surface area (Å²) in [5.74, 6) is 1.68. The maximum atomic E-state index is 5.07. The Hall–Kier alpha value is -1.88. The van der Waals surface area contributed by atoms with Crippen molar-refractivity contribution >= 4 is 5.57 Å². The molecule has 1 rings (SSSR count). The van der Waals surface area contributed by atoms with Crippen molar-refractivity contribution in [3.8, 4) is 0 Å². The minimum absolute atomic E-state index is 0.554. The molecule has 5 heteroatoms. The first-order valence-electron chi connectivity index (χ1n) is 6.26. The van der Waals surface area contributed by atoms with Crippen LogP contribution in [-0.4, -0.2) is 24.3 Å². The fraction of sp³-hybridized carbons (Fsp3) is 0.429. The standard InChI is InChI=1S/C12H17N3O2.C2H6/c1-5-10(7-6-9(2)16-4)12-14-11(8-13-3)17-15-12;1-2/h5-7,13H,2,8H2,1,3-4H3;1-2H3/b7-6-,10-5+;. The van der Waals surface area contributed by atoms with Gasteiger partial charge in [-0.1, -0.05) is 31.7 Å². The second-order valence-electron chi connectivity index (χ2n) is 3.29. The van der Waals surface area contributed by atoms with Crippen molar-refractivity contribution in [2.24, 2.45) is 0 Å². The molecular weight excluding hydrogens is 242 g/mol. The van der Waals surface area contributed by atoms with Crippen LogP contribution in [0.15, 0.2) is 35.1 Å². The number of nitrogens with one attached hydrogen (secondary N) is 1. The van der Waals surface area contributed by atoms with E-state index in [1.54, 1.807) is 13.2 Å². The lowest BCUT2D eigenvalue weighted by Crippen LogP contribution is -2.05. The lowest BCUT2D eigenvalue weighted by molar-refractivity contribution is 0.309. The van der Waals surface area contributed by atoms with E-state index in [-0.39, 0.29) is 0 Å². The number of rotatable bonds is 6. The SMILES string of the molecule is C=C(/C=C\C(=C/C)c1noc(CNC)n1)OC.CC. The van der Waals surface area contributed by atoms with Crippen LogP contribution in [0.4, 0.5) is 0 Å². The van der Waals surface area contributed by atoms with E-state index in [1.807, 2.05) is 40.0 Å². The van der Waals surface area contributed by atoms with Crippen LogP contribution >= 0.6 is 0 Å². The molecule has 0 aliphatic rings. The fourth-order valence-electron chi connectivity index (χ4n) is 1.15. The minimum Gasteiger partial charge on any atom is -0.497 e. The molecule has 0 aliphatic carbocycles. The highest BCUT2D eigenvalue weighted by Gasteiger charge is 2.07. The first-order valence-corrected chi connectivity index (χ1v) is 6.26. The summed E-state index contributed by atoms with van der Waals surface area (Å²) in [6.07, 6.45) is 5.48. The average Bonchev–Trinajstić information content (AvgIpc) is 2.90. The normalized spacial score (nSPS) is 11.1. The van der Waals surface area contributed by atoms with Gasteiger partial charge in [0.1, 0.15) is 5.76 Å². The van der Waals surface area contributed by atoms with Crippen molar-refractivity contribution in [2.45, 2.75) is 27.3 Å². The van der Waals surface area contributed by atoms with Gasteiger partial charge >= 0.3 is 0 Å². The summed E-state index contributed by atoms with van der Waals surface area (Å²) < 4.78 is 10.0. The Kier molecular flexibility index (Phi) is 9.08. The van der Waals surface area contributed by atoms with Gasteiger partial charge in [0.05, 0.1) is 13.7 Å². The zero-order valence-corrected chi connectivity index (χ0v) is 12.4. The highest BCUT2D eigenvalue weighted by molar-refractivity contribution is 5.69. The Morgan fingerprint density at radius 3 is 2.63 bits per heavy atom. The van der Waals surface area contributed by atoms with Crippen molar-refractivity contribution in [1.82, 2.24) is 15.5 Å². The molecule has 0 radical (unpaired) electrons. The van der Waals surface area contributed by atoms with E-state index in [0.29, 0.717) is 24.0 Å². The third-order valence-corrected chi connectivity index (χ3v) is 2.08. The van der Waals surface area contributed by atoms with Crippen LogP contribution in [0, 0.1) is 0 Å². The molecule has 0 amide bonds. The predicted molar refractivity (Wildman–Crippen MR) is 77.3 cm³/mol. The summed E-state index contributed by atoms with van der Waals surface area (Å²) >= 11 is 0. The summed E-state index contributed by atoms with van der Waals surface area (Å²) in [6.45, 7) is 10.2. The zero-order valence-electron chi connectivity index (χ0n) is 12.4. The van der Waals surface area contributed by atoms with E-state index in [0.717, 1.165) is 5.57 Å².